The van der Waals surface area contributed by atoms with Crippen LogP contribution in [-0.2, 0) is 4.43 Å². The van der Waals surface area contributed by atoms with E-state index in [1.165, 1.54) is 4.90 Å². The Bertz CT molecular complexity index is 300. The summed E-state index contributed by atoms with van der Waals surface area (Å²) < 4.78 is 5.92. The van der Waals surface area contributed by atoms with Gasteiger partial charge < -0.3 is 14.6 Å². The lowest BCUT2D eigenvalue weighted by Crippen LogP contribution is -2.64. The number of hydrogen-bond donors (Lipinski definition) is 2. The molecule has 6 heteroatoms. The fraction of sp³-hybridized carbons (Fsp3) is 0.909. The van der Waals surface area contributed by atoms with Gasteiger partial charge in [0.05, 0.1) is 25.3 Å². The molecule has 0 aromatic rings. The van der Waals surface area contributed by atoms with Crippen LogP contribution in [0.15, 0.2) is 0 Å². The fourth-order valence-electron chi connectivity index (χ4n) is 1.46. The van der Waals surface area contributed by atoms with Gasteiger partial charge in [0.15, 0.2) is 8.32 Å². The average molecular weight is 261 g/mol. The van der Waals surface area contributed by atoms with E-state index in [1.807, 2.05) is 0 Å². The first-order valence-electron chi connectivity index (χ1n) is 5.88. The Morgan fingerprint density at radius 2 is 2.00 bits per heavy atom. The summed E-state index contributed by atoms with van der Waals surface area (Å²) in [5.41, 5.74) is 0. The smallest absolute Gasteiger partial charge is 0.407 e. The molecular weight excluding hydrogens is 238 g/mol. The minimum Gasteiger partial charge on any atom is -0.465 e. The molecule has 100 valence electrons. The molecule has 0 aromatic carbocycles. The molecule has 1 fully saturated rings. The second-order valence-electron chi connectivity index (χ2n) is 6.14. The summed E-state index contributed by atoms with van der Waals surface area (Å²) in [6, 6.07) is -0.401. The third-order valence-corrected chi connectivity index (χ3v) is 8.40. The summed E-state index contributed by atoms with van der Waals surface area (Å²) in [7, 11) is -1.87. The van der Waals surface area contributed by atoms with Crippen molar-refractivity contribution in [3.63, 3.8) is 0 Å². The summed E-state index contributed by atoms with van der Waals surface area (Å²) in [5, 5.41) is 18.5. The molecule has 17 heavy (non-hydrogen) atoms. The van der Waals surface area contributed by atoms with Gasteiger partial charge >= 0.3 is 6.09 Å². The zero-order valence-corrected chi connectivity index (χ0v) is 12.2. The average Bonchev–Trinajstić information content (AvgIpc) is 2.11. The molecule has 0 unspecified atom stereocenters. The van der Waals surface area contributed by atoms with Gasteiger partial charge in [0.25, 0.3) is 0 Å². The standard InChI is InChI=1S/C11H23NO4Si/c1-11(2,3)17(4,5)16-7-8-9(13)6-12(8)10(14)15/h8-9,13H,6-7H2,1-5H3,(H,14,15)/t8-,9+/m0/s1. The Kier molecular flexibility index (Phi) is 3.90. The Hall–Kier alpha value is -0.593. The first kappa shape index (κ1) is 14.5. The zero-order valence-electron chi connectivity index (χ0n) is 11.2. The first-order valence-corrected chi connectivity index (χ1v) is 8.78. The quantitative estimate of drug-likeness (QED) is 0.759. The molecule has 1 rings (SSSR count). The Balaban J connectivity index is 2.53. The van der Waals surface area contributed by atoms with E-state index >= 15 is 0 Å². The van der Waals surface area contributed by atoms with Crippen molar-refractivity contribution in [1.82, 2.24) is 4.90 Å². The van der Waals surface area contributed by atoms with Crippen LogP contribution < -0.4 is 0 Å². The normalized spacial score (nSPS) is 25.6. The van der Waals surface area contributed by atoms with Crippen molar-refractivity contribution in [3.8, 4) is 0 Å². The van der Waals surface area contributed by atoms with Crippen LogP contribution in [0.5, 0.6) is 0 Å². The number of aliphatic hydroxyl groups excluding tert-OH is 1. The van der Waals surface area contributed by atoms with Crippen molar-refractivity contribution in [1.29, 1.82) is 0 Å². The second-order valence-corrected chi connectivity index (χ2v) is 11.0. The van der Waals surface area contributed by atoms with Crippen LogP contribution in [0, 0.1) is 0 Å². The highest BCUT2D eigenvalue weighted by molar-refractivity contribution is 6.74. The molecule has 0 spiro atoms. The van der Waals surface area contributed by atoms with Gasteiger partial charge in [0, 0.05) is 0 Å². The van der Waals surface area contributed by atoms with Crippen LogP contribution in [0.4, 0.5) is 4.79 Å². The minimum atomic E-state index is -1.87. The SMILES string of the molecule is CC(C)(C)[Si](C)(C)OC[C@H]1[C@H](O)CN1C(=O)O. The van der Waals surface area contributed by atoms with Crippen LogP contribution >= 0.6 is 0 Å². The van der Waals surface area contributed by atoms with Crippen LogP contribution in [0.25, 0.3) is 0 Å². The van der Waals surface area contributed by atoms with Crippen LogP contribution in [-0.4, -0.2) is 54.8 Å². The van der Waals surface area contributed by atoms with E-state index in [0.717, 1.165) is 0 Å². The summed E-state index contributed by atoms with van der Waals surface area (Å²) in [6.07, 6.45) is -1.57. The van der Waals surface area contributed by atoms with E-state index in [4.69, 9.17) is 9.53 Å². The van der Waals surface area contributed by atoms with Crippen molar-refractivity contribution in [2.24, 2.45) is 0 Å². The van der Waals surface area contributed by atoms with E-state index in [1.54, 1.807) is 0 Å². The number of rotatable bonds is 3. The van der Waals surface area contributed by atoms with E-state index in [9.17, 15) is 9.90 Å². The van der Waals surface area contributed by atoms with Gasteiger partial charge in [-0.3, -0.25) is 4.90 Å². The number of aliphatic hydroxyl groups is 1. The lowest BCUT2D eigenvalue weighted by atomic mass is 10.0. The predicted molar refractivity (Wildman–Crippen MR) is 67.7 cm³/mol. The van der Waals surface area contributed by atoms with Crippen molar-refractivity contribution in [2.45, 2.75) is 51.0 Å². The number of hydrogen-bond acceptors (Lipinski definition) is 3. The van der Waals surface area contributed by atoms with Gasteiger partial charge in [-0.2, -0.15) is 0 Å². The predicted octanol–water partition coefficient (Wildman–Crippen LogP) is 1.73. The highest BCUT2D eigenvalue weighted by Gasteiger charge is 2.44. The van der Waals surface area contributed by atoms with Crippen molar-refractivity contribution >= 4 is 14.4 Å². The summed E-state index contributed by atoms with van der Waals surface area (Å²) in [6.45, 7) is 11.1. The molecule has 0 aliphatic carbocycles. The summed E-state index contributed by atoms with van der Waals surface area (Å²) in [4.78, 5) is 12.1. The molecule has 0 saturated carbocycles. The van der Waals surface area contributed by atoms with Gasteiger partial charge in [-0.05, 0) is 18.1 Å². The summed E-state index contributed by atoms with van der Waals surface area (Å²) >= 11 is 0. The third-order valence-electron chi connectivity index (χ3n) is 3.90. The number of amides is 1. The van der Waals surface area contributed by atoms with Gasteiger partial charge in [-0.15, -0.1) is 0 Å². The molecule has 0 bridgehead atoms. The maximum absolute atomic E-state index is 10.8. The van der Waals surface area contributed by atoms with Crippen LogP contribution in [0.2, 0.25) is 18.1 Å². The Labute approximate surface area is 104 Å². The lowest BCUT2D eigenvalue weighted by Gasteiger charge is -2.45. The monoisotopic (exact) mass is 261 g/mol. The molecule has 1 aliphatic rings. The molecule has 5 nitrogen and oxygen atoms in total. The van der Waals surface area contributed by atoms with E-state index in [-0.39, 0.29) is 11.6 Å². The number of β-amino-alcohol motifs (C(OH)–C–C–N with tert-alkyl or cyclic N) is 1. The molecule has 0 radical (unpaired) electrons. The Morgan fingerprint density at radius 1 is 1.47 bits per heavy atom. The van der Waals surface area contributed by atoms with E-state index in [2.05, 4.69) is 33.9 Å². The molecule has 1 amide bonds. The maximum atomic E-state index is 10.8. The van der Waals surface area contributed by atoms with Crippen molar-refractivity contribution in [2.75, 3.05) is 13.2 Å². The van der Waals surface area contributed by atoms with E-state index in [0.29, 0.717) is 6.61 Å². The zero-order chi connectivity index (χ0) is 13.4. The van der Waals surface area contributed by atoms with Gasteiger partial charge in [0.2, 0.25) is 0 Å². The topological polar surface area (TPSA) is 70.0 Å². The number of likely N-dealkylation sites (tertiary alicyclic amines) is 1. The third kappa shape index (κ3) is 3.00. The highest BCUT2D eigenvalue weighted by atomic mass is 28.4. The fourth-order valence-corrected chi connectivity index (χ4v) is 2.48. The highest BCUT2D eigenvalue weighted by Crippen LogP contribution is 2.37. The molecule has 1 heterocycles. The first-order chi connectivity index (χ1) is 7.56. The number of carboxylic acid groups (broad SMARTS) is 1. The van der Waals surface area contributed by atoms with Crippen molar-refractivity contribution in [3.05, 3.63) is 0 Å². The van der Waals surface area contributed by atoms with Crippen LogP contribution in [0.3, 0.4) is 0 Å². The van der Waals surface area contributed by atoms with Crippen LogP contribution in [0.1, 0.15) is 20.8 Å². The molecule has 1 aliphatic heterocycles. The number of carbonyl (C=O) groups is 1. The van der Waals surface area contributed by atoms with E-state index < -0.39 is 26.6 Å². The summed E-state index contributed by atoms with van der Waals surface area (Å²) in [5.74, 6) is 0. The maximum Gasteiger partial charge on any atom is 0.407 e. The van der Waals surface area contributed by atoms with Gasteiger partial charge in [0.1, 0.15) is 0 Å². The molecule has 1 saturated heterocycles. The lowest BCUT2D eigenvalue weighted by molar-refractivity contribution is -0.0642. The molecular formula is C11H23NO4Si. The molecule has 2 atom stereocenters. The van der Waals surface area contributed by atoms with Gasteiger partial charge in [-0.1, -0.05) is 20.8 Å². The Morgan fingerprint density at radius 3 is 2.35 bits per heavy atom. The second kappa shape index (κ2) is 4.59. The van der Waals surface area contributed by atoms with Crippen molar-refractivity contribution < 1.29 is 19.4 Å². The largest absolute Gasteiger partial charge is 0.465 e. The molecule has 2 N–H and O–H groups in total. The minimum absolute atomic E-state index is 0.0930. The molecule has 0 aromatic heterocycles. The number of nitrogens with zero attached hydrogens (tertiary/aromatic N) is 1. The van der Waals surface area contributed by atoms with Gasteiger partial charge in [-0.25, -0.2) is 4.79 Å².